The Kier molecular flexibility index (Phi) is 7.28. The van der Waals surface area contributed by atoms with Crippen molar-refractivity contribution in [3.63, 3.8) is 0 Å². The lowest BCUT2D eigenvalue weighted by Crippen LogP contribution is -2.49. The Balaban J connectivity index is 1.54. The molecule has 1 aliphatic heterocycles. The number of halogens is 1. The molecule has 1 atom stereocenters. The second-order valence-electron chi connectivity index (χ2n) is 9.71. The van der Waals surface area contributed by atoms with Crippen LogP contribution in [0.15, 0.2) is 41.2 Å². The van der Waals surface area contributed by atoms with Crippen LogP contribution in [0.5, 0.6) is 0 Å². The number of fused-ring (bicyclic) bond motifs is 1. The Bertz CT molecular complexity index is 1470. The molecule has 3 heterocycles. The van der Waals surface area contributed by atoms with E-state index in [0.717, 1.165) is 58.9 Å². The number of nitrogens with zero attached hydrogens (tertiary/aromatic N) is 6. The third-order valence-corrected chi connectivity index (χ3v) is 7.35. The number of anilines is 1. The Labute approximate surface area is 221 Å². The van der Waals surface area contributed by atoms with Crippen molar-refractivity contribution < 1.29 is 4.74 Å². The predicted molar refractivity (Wildman–Crippen MR) is 146 cm³/mol. The molecule has 0 saturated carbocycles. The maximum Gasteiger partial charge on any atom is 0.253 e. The summed E-state index contributed by atoms with van der Waals surface area (Å²) >= 11 is 6.30. The Morgan fingerprint density at radius 3 is 2.59 bits per heavy atom. The lowest BCUT2D eigenvalue weighted by Gasteiger charge is -2.40. The number of rotatable bonds is 7. The third kappa shape index (κ3) is 5.12. The molecule has 2 aromatic carbocycles. The highest BCUT2D eigenvalue weighted by molar-refractivity contribution is 6.30. The van der Waals surface area contributed by atoms with Gasteiger partial charge in [-0.1, -0.05) is 29.3 Å². The molecule has 194 valence electrons. The highest BCUT2D eigenvalue weighted by Gasteiger charge is 2.33. The molecule has 2 aromatic heterocycles. The number of aromatic nitrogens is 5. The summed E-state index contributed by atoms with van der Waals surface area (Å²) in [5.41, 5.74) is 5.90. The van der Waals surface area contributed by atoms with E-state index >= 15 is 0 Å². The zero-order valence-electron chi connectivity index (χ0n) is 21.7. The van der Waals surface area contributed by atoms with Gasteiger partial charge in [0.1, 0.15) is 6.04 Å². The first-order valence-electron chi connectivity index (χ1n) is 12.5. The van der Waals surface area contributed by atoms with E-state index < -0.39 is 6.04 Å². The zero-order valence-corrected chi connectivity index (χ0v) is 22.4. The van der Waals surface area contributed by atoms with Crippen LogP contribution in [0.1, 0.15) is 34.1 Å². The summed E-state index contributed by atoms with van der Waals surface area (Å²) in [4.78, 5) is 21.3. The van der Waals surface area contributed by atoms with Gasteiger partial charge < -0.3 is 14.6 Å². The average molecular weight is 522 g/mol. The second-order valence-corrected chi connectivity index (χ2v) is 10.1. The van der Waals surface area contributed by atoms with Crippen molar-refractivity contribution in [2.75, 3.05) is 44.8 Å². The maximum absolute atomic E-state index is 13.5. The number of hydrogen-bond acceptors (Lipinski definition) is 7. The third-order valence-electron chi connectivity index (χ3n) is 7.12. The van der Waals surface area contributed by atoms with Crippen molar-refractivity contribution in [3.8, 4) is 0 Å². The fourth-order valence-corrected chi connectivity index (χ4v) is 5.46. The molecule has 0 aliphatic carbocycles. The van der Waals surface area contributed by atoms with Gasteiger partial charge in [0.15, 0.2) is 5.82 Å². The Hall–Kier alpha value is -3.27. The SMILES string of the molecule is COCCn1nnnc1[C@H](c1cc2cc(C)cc(C)c2[nH]c1=O)N1CCN(c2cc(Cl)ccc2C)CC1. The Morgan fingerprint density at radius 2 is 1.84 bits per heavy atom. The van der Waals surface area contributed by atoms with Crippen molar-refractivity contribution in [2.24, 2.45) is 0 Å². The van der Waals surface area contributed by atoms with E-state index in [-0.39, 0.29) is 5.56 Å². The molecule has 1 fully saturated rings. The topological polar surface area (TPSA) is 92.2 Å². The number of aromatic amines is 1. The summed E-state index contributed by atoms with van der Waals surface area (Å²) in [6, 6.07) is 11.8. The molecule has 4 aromatic rings. The van der Waals surface area contributed by atoms with E-state index in [1.54, 1.807) is 11.8 Å². The largest absolute Gasteiger partial charge is 0.383 e. The number of ether oxygens (including phenoxy) is 1. The highest BCUT2D eigenvalue weighted by atomic mass is 35.5. The molecule has 5 rings (SSSR count). The smallest absolute Gasteiger partial charge is 0.253 e. The van der Waals surface area contributed by atoms with Crippen LogP contribution in [0.4, 0.5) is 5.69 Å². The summed E-state index contributed by atoms with van der Waals surface area (Å²) in [6.45, 7) is 10.2. The highest BCUT2D eigenvalue weighted by Crippen LogP contribution is 2.31. The van der Waals surface area contributed by atoms with Gasteiger partial charge in [0.25, 0.3) is 5.56 Å². The Morgan fingerprint density at radius 1 is 1.05 bits per heavy atom. The number of aryl methyl sites for hydroxylation is 3. The molecule has 0 spiro atoms. The van der Waals surface area contributed by atoms with E-state index in [9.17, 15) is 4.79 Å². The van der Waals surface area contributed by atoms with Crippen molar-refractivity contribution in [2.45, 2.75) is 33.4 Å². The number of methoxy groups -OCH3 is 1. The normalized spacial score (nSPS) is 15.4. The van der Waals surface area contributed by atoms with Crippen LogP contribution >= 0.6 is 11.6 Å². The summed E-state index contributed by atoms with van der Waals surface area (Å²) in [5, 5.41) is 14.3. The molecule has 10 heteroatoms. The van der Waals surface area contributed by atoms with Gasteiger partial charge in [-0.3, -0.25) is 9.69 Å². The van der Waals surface area contributed by atoms with E-state index in [2.05, 4.69) is 62.4 Å². The fraction of sp³-hybridized carbons (Fsp3) is 0.407. The molecule has 1 saturated heterocycles. The number of piperazine rings is 1. The zero-order chi connectivity index (χ0) is 26.1. The molecule has 0 unspecified atom stereocenters. The lowest BCUT2D eigenvalue weighted by molar-refractivity contribution is 0.171. The molecular weight excluding hydrogens is 490 g/mol. The van der Waals surface area contributed by atoms with Gasteiger partial charge >= 0.3 is 0 Å². The van der Waals surface area contributed by atoms with Gasteiger partial charge in [0, 0.05) is 49.6 Å². The minimum absolute atomic E-state index is 0.126. The predicted octanol–water partition coefficient (Wildman–Crippen LogP) is 3.65. The summed E-state index contributed by atoms with van der Waals surface area (Å²) in [7, 11) is 1.65. The molecule has 1 N–H and O–H groups in total. The van der Waals surface area contributed by atoms with Crippen LogP contribution < -0.4 is 10.5 Å². The molecular formula is C27H32ClN7O2. The van der Waals surface area contributed by atoms with Crippen molar-refractivity contribution >= 4 is 28.2 Å². The van der Waals surface area contributed by atoms with Crippen LogP contribution in [-0.4, -0.2) is 70.0 Å². The van der Waals surface area contributed by atoms with Crippen LogP contribution in [0.2, 0.25) is 5.02 Å². The van der Waals surface area contributed by atoms with Gasteiger partial charge in [-0.05, 0) is 72.0 Å². The number of H-pyrrole nitrogens is 1. The van der Waals surface area contributed by atoms with Gasteiger partial charge in [-0.2, -0.15) is 0 Å². The second kappa shape index (κ2) is 10.6. The first kappa shape index (κ1) is 25.4. The molecule has 0 bridgehead atoms. The number of tetrazole rings is 1. The van der Waals surface area contributed by atoms with Gasteiger partial charge in [-0.15, -0.1) is 5.10 Å². The number of pyridine rings is 1. The first-order chi connectivity index (χ1) is 17.9. The lowest BCUT2D eigenvalue weighted by atomic mass is 10.00. The van der Waals surface area contributed by atoms with Gasteiger partial charge in [-0.25, -0.2) is 4.68 Å². The van der Waals surface area contributed by atoms with E-state index in [0.29, 0.717) is 24.5 Å². The van der Waals surface area contributed by atoms with Gasteiger partial charge in [0.05, 0.1) is 18.7 Å². The minimum Gasteiger partial charge on any atom is -0.383 e. The average Bonchev–Trinajstić information content (AvgIpc) is 3.34. The monoisotopic (exact) mass is 521 g/mol. The van der Waals surface area contributed by atoms with E-state index in [1.165, 1.54) is 5.56 Å². The molecule has 9 nitrogen and oxygen atoms in total. The van der Waals surface area contributed by atoms with Crippen LogP contribution in [0.25, 0.3) is 10.9 Å². The van der Waals surface area contributed by atoms with Gasteiger partial charge in [0.2, 0.25) is 0 Å². The number of hydrogen-bond donors (Lipinski definition) is 1. The van der Waals surface area contributed by atoms with Crippen molar-refractivity contribution in [1.29, 1.82) is 0 Å². The number of nitrogens with one attached hydrogen (secondary N) is 1. The minimum atomic E-state index is -0.400. The first-order valence-corrected chi connectivity index (χ1v) is 12.9. The fourth-order valence-electron chi connectivity index (χ4n) is 5.29. The van der Waals surface area contributed by atoms with E-state index in [1.807, 2.05) is 25.1 Å². The standard InChI is InChI=1S/C27H32ClN7O2/c1-17-13-19(3)24-20(14-17)15-22(27(36)29-24)25(26-30-31-32-35(26)11-12-37-4)34-9-7-33(8-10-34)23-16-21(28)6-5-18(23)2/h5-6,13-16,25H,7-12H2,1-4H3,(H,29,36)/t25-/m0/s1. The van der Waals surface area contributed by atoms with Crippen molar-refractivity contribution in [1.82, 2.24) is 30.1 Å². The van der Waals surface area contributed by atoms with Crippen molar-refractivity contribution in [3.05, 3.63) is 79.9 Å². The summed E-state index contributed by atoms with van der Waals surface area (Å²) < 4.78 is 7.02. The molecule has 1 aliphatic rings. The maximum atomic E-state index is 13.5. The quantitative estimate of drug-likeness (QED) is 0.397. The van der Waals surface area contributed by atoms with E-state index in [4.69, 9.17) is 16.3 Å². The summed E-state index contributed by atoms with van der Waals surface area (Å²) in [6.07, 6.45) is 0. The molecule has 0 amide bonds. The number of benzene rings is 2. The van der Waals surface area contributed by atoms with Crippen LogP contribution in [0, 0.1) is 20.8 Å². The summed E-state index contributed by atoms with van der Waals surface area (Å²) in [5.74, 6) is 0.638. The molecule has 0 radical (unpaired) electrons. The van der Waals surface area contributed by atoms with Crippen LogP contribution in [0.3, 0.4) is 0 Å². The van der Waals surface area contributed by atoms with Crippen LogP contribution in [-0.2, 0) is 11.3 Å². The molecule has 37 heavy (non-hydrogen) atoms.